The first kappa shape index (κ1) is 27.2. The molecule has 1 N–H and O–H groups in total. The number of carbonyl (C=O) groups excluding carboxylic acids is 2. The van der Waals surface area contributed by atoms with E-state index in [0.29, 0.717) is 41.7 Å². The molecule has 2 aromatic rings. The fraction of sp³-hybridized carbons (Fsp3) is 0.385. The van der Waals surface area contributed by atoms with Crippen LogP contribution in [-0.2, 0) is 9.59 Å². The van der Waals surface area contributed by atoms with Gasteiger partial charge in [-0.3, -0.25) is 9.59 Å². The Morgan fingerprint density at radius 2 is 1.67 bits per heavy atom. The number of nitrogens with zero attached hydrogens (tertiary/aromatic N) is 2. The molecule has 1 fully saturated rings. The number of likely N-dealkylation sites (tertiary alicyclic amines) is 1. The van der Waals surface area contributed by atoms with Crippen molar-refractivity contribution in [3.8, 4) is 23.0 Å². The molecular formula is C26H31ClN2O7. The molecule has 10 heteroatoms. The Morgan fingerprint density at radius 1 is 1.03 bits per heavy atom. The Balaban J connectivity index is 2.24. The molecule has 1 atom stereocenters. The van der Waals surface area contributed by atoms with Gasteiger partial charge in [-0.25, -0.2) is 0 Å². The number of amides is 1. The van der Waals surface area contributed by atoms with Crippen LogP contribution in [0.1, 0.15) is 24.1 Å². The molecular weight excluding hydrogens is 488 g/mol. The van der Waals surface area contributed by atoms with Gasteiger partial charge in [0.25, 0.3) is 11.7 Å². The Labute approximate surface area is 215 Å². The minimum Gasteiger partial charge on any atom is -0.507 e. The van der Waals surface area contributed by atoms with Crippen LogP contribution in [0.2, 0.25) is 5.02 Å². The van der Waals surface area contributed by atoms with Crippen LogP contribution in [0.4, 0.5) is 0 Å². The number of ketones is 1. The number of rotatable bonds is 10. The smallest absolute Gasteiger partial charge is 0.295 e. The van der Waals surface area contributed by atoms with E-state index in [0.717, 1.165) is 0 Å². The molecule has 1 aliphatic rings. The summed E-state index contributed by atoms with van der Waals surface area (Å²) in [5, 5.41) is 11.6. The second kappa shape index (κ2) is 11.5. The van der Waals surface area contributed by atoms with E-state index in [-0.39, 0.29) is 28.5 Å². The van der Waals surface area contributed by atoms with Crippen LogP contribution in [0.25, 0.3) is 5.76 Å². The lowest BCUT2D eigenvalue weighted by atomic mass is 9.94. The number of halogens is 1. The molecule has 1 amide bonds. The monoisotopic (exact) mass is 518 g/mol. The normalized spacial score (nSPS) is 17.0. The van der Waals surface area contributed by atoms with E-state index in [4.69, 9.17) is 30.5 Å². The van der Waals surface area contributed by atoms with Gasteiger partial charge in [0.2, 0.25) is 5.75 Å². The van der Waals surface area contributed by atoms with Crippen molar-refractivity contribution in [3.05, 3.63) is 52.1 Å². The number of likely N-dealkylation sites (N-methyl/N-ethyl adjacent to an activating group) is 1. The average molecular weight is 519 g/mol. The van der Waals surface area contributed by atoms with E-state index in [9.17, 15) is 14.7 Å². The maximum Gasteiger partial charge on any atom is 0.295 e. The summed E-state index contributed by atoms with van der Waals surface area (Å²) in [7, 11) is 8.18. The lowest BCUT2D eigenvalue weighted by molar-refractivity contribution is -0.140. The molecule has 0 aliphatic carbocycles. The molecule has 0 aromatic heterocycles. The zero-order chi connectivity index (χ0) is 26.6. The Hall–Kier alpha value is -3.43. The molecule has 9 nitrogen and oxygen atoms in total. The van der Waals surface area contributed by atoms with Crippen molar-refractivity contribution < 1.29 is 33.6 Å². The van der Waals surface area contributed by atoms with Crippen molar-refractivity contribution in [1.82, 2.24) is 9.80 Å². The van der Waals surface area contributed by atoms with Gasteiger partial charge in [0, 0.05) is 18.7 Å². The third-order valence-corrected chi connectivity index (χ3v) is 6.13. The molecule has 1 aliphatic heterocycles. The highest BCUT2D eigenvalue weighted by Gasteiger charge is 2.46. The van der Waals surface area contributed by atoms with Crippen LogP contribution in [0, 0.1) is 0 Å². The summed E-state index contributed by atoms with van der Waals surface area (Å²) in [4.78, 5) is 29.8. The second-order valence-corrected chi connectivity index (χ2v) is 8.74. The highest BCUT2D eigenvalue weighted by molar-refractivity contribution is 6.46. The summed E-state index contributed by atoms with van der Waals surface area (Å²) in [6.07, 6.45) is 0. The molecule has 0 bridgehead atoms. The van der Waals surface area contributed by atoms with Gasteiger partial charge in [0.05, 0.1) is 44.6 Å². The zero-order valence-electron chi connectivity index (χ0n) is 21.3. The van der Waals surface area contributed by atoms with Crippen molar-refractivity contribution in [3.63, 3.8) is 0 Å². The van der Waals surface area contributed by atoms with Gasteiger partial charge < -0.3 is 33.9 Å². The van der Waals surface area contributed by atoms with Crippen LogP contribution in [0.3, 0.4) is 0 Å². The van der Waals surface area contributed by atoms with E-state index in [1.54, 1.807) is 24.3 Å². The molecule has 1 heterocycles. The number of carbonyl (C=O) groups is 2. The van der Waals surface area contributed by atoms with Gasteiger partial charge >= 0.3 is 0 Å². The Bertz CT molecular complexity index is 1150. The van der Waals surface area contributed by atoms with Crippen molar-refractivity contribution >= 4 is 29.1 Å². The summed E-state index contributed by atoms with van der Waals surface area (Å²) in [6.45, 7) is 3.00. The Kier molecular flexibility index (Phi) is 8.70. The second-order valence-electron chi connectivity index (χ2n) is 8.33. The van der Waals surface area contributed by atoms with E-state index in [2.05, 4.69) is 0 Å². The standard InChI is InChI=1S/C26H31ClN2O7/c1-7-36-18-9-8-15(12-17(18)27)23(30)21-22(29(11-10-28(2)3)26(32)24(21)31)16-13-19(33-4)25(35-6)20(14-16)34-5/h8-9,12-14,22,30H,7,10-11H2,1-6H3/t22-/m1/s1. The van der Waals surface area contributed by atoms with Gasteiger partial charge in [-0.1, -0.05) is 11.6 Å². The fourth-order valence-electron chi connectivity index (χ4n) is 4.10. The fourth-order valence-corrected chi connectivity index (χ4v) is 4.34. The largest absolute Gasteiger partial charge is 0.507 e. The average Bonchev–Trinajstić information content (AvgIpc) is 3.12. The maximum atomic E-state index is 13.3. The summed E-state index contributed by atoms with van der Waals surface area (Å²) in [6, 6.07) is 7.13. The highest BCUT2D eigenvalue weighted by atomic mass is 35.5. The van der Waals surface area contributed by atoms with Gasteiger partial charge in [-0.15, -0.1) is 0 Å². The van der Waals surface area contributed by atoms with Crippen LogP contribution >= 0.6 is 11.6 Å². The Morgan fingerprint density at radius 3 is 2.17 bits per heavy atom. The van der Waals surface area contributed by atoms with E-state index >= 15 is 0 Å². The molecule has 2 aromatic carbocycles. The van der Waals surface area contributed by atoms with Crippen molar-refractivity contribution in [2.45, 2.75) is 13.0 Å². The SMILES string of the molecule is CCOc1ccc(C(O)=C2C(=O)C(=O)N(CCN(C)C)[C@@H]2c2cc(OC)c(OC)c(OC)c2)cc1Cl. The van der Waals surface area contributed by atoms with Gasteiger partial charge in [-0.05, 0) is 56.9 Å². The molecule has 1 saturated heterocycles. The van der Waals surface area contributed by atoms with Crippen LogP contribution in [0.5, 0.6) is 23.0 Å². The number of hydrogen-bond acceptors (Lipinski definition) is 8. The van der Waals surface area contributed by atoms with Crippen LogP contribution < -0.4 is 18.9 Å². The minimum atomic E-state index is -0.899. The first-order valence-corrected chi connectivity index (χ1v) is 11.7. The summed E-state index contributed by atoms with van der Waals surface area (Å²) in [5.41, 5.74) is 0.737. The summed E-state index contributed by atoms with van der Waals surface area (Å²) in [5.74, 6) is -0.326. The molecule has 36 heavy (non-hydrogen) atoms. The van der Waals surface area contributed by atoms with E-state index < -0.39 is 17.7 Å². The first-order chi connectivity index (χ1) is 17.2. The number of Topliss-reactive ketones (excluding diaryl/α,β-unsaturated/α-hetero) is 1. The molecule has 194 valence electrons. The van der Waals surface area contributed by atoms with E-state index in [1.807, 2.05) is 25.9 Å². The summed E-state index contributed by atoms with van der Waals surface area (Å²) < 4.78 is 21.9. The number of benzene rings is 2. The quantitative estimate of drug-likeness (QED) is 0.288. The number of aliphatic hydroxyl groups is 1. The molecule has 0 saturated carbocycles. The van der Waals surface area contributed by atoms with Crippen LogP contribution in [-0.4, -0.2) is 81.7 Å². The third kappa shape index (κ3) is 5.22. The predicted molar refractivity (Wildman–Crippen MR) is 136 cm³/mol. The molecule has 3 rings (SSSR count). The van der Waals surface area contributed by atoms with Crippen molar-refractivity contribution in [2.75, 3.05) is 55.1 Å². The number of methoxy groups -OCH3 is 3. The number of ether oxygens (including phenoxy) is 4. The van der Waals surface area contributed by atoms with Crippen molar-refractivity contribution in [2.24, 2.45) is 0 Å². The van der Waals surface area contributed by atoms with E-state index in [1.165, 1.54) is 32.3 Å². The first-order valence-electron chi connectivity index (χ1n) is 11.3. The predicted octanol–water partition coefficient (Wildman–Crippen LogP) is 3.75. The van der Waals surface area contributed by atoms with Gasteiger partial charge in [0.15, 0.2) is 11.5 Å². The molecule has 0 radical (unpaired) electrons. The molecule has 0 unspecified atom stereocenters. The third-order valence-electron chi connectivity index (χ3n) is 5.84. The maximum absolute atomic E-state index is 13.3. The highest BCUT2D eigenvalue weighted by Crippen LogP contribution is 2.46. The molecule has 0 spiro atoms. The van der Waals surface area contributed by atoms with Gasteiger partial charge in [0.1, 0.15) is 11.5 Å². The lowest BCUT2D eigenvalue weighted by Gasteiger charge is -2.27. The lowest BCUT2D eigenvalue weighted by Crippen LogP contribution is -2.35. The summed E-state index contributed by atoms with van der Waals surface area (Å²) >= 11 is 6.33. The van der Waals surface area contributed by atoms with Crippen molar-refractivity contribution in [1.29, 1.82) is 0 Å². The minimum absolute atomic E-state index is 0.0618. The number of hydrogen-bond donors (Lipinski definition) is 1. The zero-order valence-corrected chi connectivity index (χ0v) is 22.0. The van der Waals surface area contributed by atoms with Crippen LogP contribution in [0.15, 0.2) is 35.9 Å². The number of aliphatic hydroxyl groups excluding tert-OH is 1. The topological polar surface area (TPSA) is 97.8 Å². The van der Waals surface area contributed by atoms with Gasteiger partial charge in [-0.2, -0.15) is 0 Å².